The number of thioether (sulfide) groups is 1. The minimum atomic E-state index is -3.74. The SMILES string of the molecule is CC(C)Oc1ccc(S(=O)(=O)N2CCOCC2)cc1NC(=O)[C@H]1CS[C@]2(C)CCC(=O)N12. The number of ether oxygens (including phenoxy) is 2. The summed E-state index contributed by atoms with van der Waals surface area (Å²) in [7, 11) is -3.74. The zero-order valence-electron chi connectivity index (χ0n) is 18.5. The summed E-state index contributed by atoms with van der Waals surface area (Å²) in [6, 6.07) is 3.89. The van der Waals surface area contributed by atoms with E-state index >= 15 is 0 Å². The topological polar surface area (TPSA) is 105 Å². The summed E-state index contributed by atoms with van der Waals surface area (Å²) >= 11 is 1.61. The van der Waals surface area contributed by atoms with E-state index < -0.39 is 16.1 Å². The average Bonchev–Trinajstić information content (AvgIpc) is 3.25. The van der Waals surface area contributed by atoms with Crippen LogP contribution in [0.3, 0.4) is 0 Å². The third-order valence-corrected chi connectivity index (χ3v) is 9.33. The summed E-state index contributed by atoms with van der Waals surface area (Å²) in [5.41, 5.74) is 0.281. The van der Waals surface area contributed by atoms with Crippen LogP contribution in [0.25, 0.3) is 0 Å². The Morgan fingerprint density at radius 3 is 2.72 bits per heavy atom. The summed E-state index contributed by atoms with van der Waals surface area (Å²) in [6.45, 7) is 6.95. The first-order chi connectivity index (χ1) is 15.1. The van der Waals surface area contributed by atoms with E-state index in [4.69, 9.17) is 9.47 Å². The first-order valence-electron chi connectivity index (χ1n) is 10.8. The molecule has 1 aromatic rings. The van der Waals surface area contributed by atoms with E-state index in [0.29, 0.717) is 31.1 Å². The predicted molar refractivity (Wildman–Crippen MR) is 121 cm³/mol. The lowest BCUT2D eigenvalue weighted by molar-refractivity contribution is -0.135. The van der Waals surface area contributed by atoms with E-state index in [1.54, 1.807) is 22.7 Å². The van der Waals surface area contributed by atoms with Crippen molar-refractivity contribution in [2.75, 3.05) is 37.4 Å². The number of nitrogens with zero attached hydrogens (tertiary/aromatic N) is 2. The number of morpholine rings is 1. The maximum Gasteiger partial charge on any atom is 0.248 e. The number of hydrogen-bond acceptors (Lipinski definition) is 7. The van der Waals surface area contributed by atoms with Crippen LogP contribution in [-0.2, 0) is 24.3 Å². The number of hydrogen-bond donors (Lipinski definition) is 1. The number of benzene rings is 1. The lowest BCUT2D eigenvalue weighted by Crippen LogP contribution is -2.48. The first-order valence-corrected chi connectivity index (χ1v) is 13.2. The van der Waals surface area contributed by atoms with Crippen molar-refractivity contribution >= 4 is 39.3 Å². The summed E-state index contributed by atoms with van der Waals surface area (Å²) in [5, 5.41) is 2.84. The molecule has 9 nitrogen and oxygen atoms in total. The van der Waals surface area contributed by atoms with Gasteiger partial charge in [-0.2, -0.15) is 4.31 Å². The Morgan fingerprint density at radius 1 is 1.31 bits per heavy atom. The van der Waals surface area contributed by atoms with Crippen LogP contribution in [-0.4, -0.2) is 78.5 Å². The predicted octanol–water partition coefficient (Wildman–Crippen LogP) is 1.89. The van der Waals surface area contributed by atoms with Gasteiger partial charge in [0.05, 0.1) is 34.8 Å². The van der Waals surface area contributed by atoms with Gasteiger partial charge in [-0.1, -0.05) is 0 Å². The van der Waals surface area contributed by atoms with E-state index in [2.05, 4.69) is 5.32 Å². The summed E-state index contributed by atoms with van der Waals surface area (Å²) in [5.74, 6) is 0.515. The van der Waals surface area contributed by atoms with Gasteiger partial charge in [0, 0.05) is 25.3 Å². The quantitative estimate of drug-likeness (QED) is 0.659. The van der Waals surface area contributed by atoms with Gasteiger partial charge < -0.3 is 19.7 Å². The smallest absolute Gasteiger partial charge is 0.248 e. The number of carbonyl (C=O) groups is 2. The van der Waals surface area contributed by atoms with E-state index in [9.17, 15) is 18.0 Å². The first kappa shape index (κ1) is 23.3. The van der Waals surface area contributed by atoms with E-state index in [0.717, 1.165) is 6.42 Å². The van der Waals surface area contributed by atoms with Gasteiger partial charge in [-0.15, -0.1) is 11.8 Å². The molecule has 32 heavy (non-hydrogen) atoms. The molecule has 2 amide bonds. The molecule has 0 radical (unpaired) electrons. The molecular formula is C21H29N3O6S2. The number of nitrogens with one attached hydrogen (secondary N) is 1. The molecule has 1 N–H and O–H groups in total. The molecule has 1 aromatic carbocycles. The number of amides is 2. The van der Waals surface area contributed by atoms with E-state index in [1.165, 1.54) is 16.4 Å². The highest BCUT2D eigenvalue weighted by molar-refractivity contribution is 8.01. The summed E-state index contributed by atoms with van der Waals surface area (Å²) < 4.78 is 38.7. The summed E-state index contributed by atoms with van der Waals surface area (Å²) in [6.07, 6.45) is 0.982. The molecule has 3 fully saturated rings. The molecule has 3 aliphatic rings. The van der Waals surface area contributed by atoms with Crippen LogP contribution in [0.15, 0.2) is 23.1 Å². The molecule has 4 rings (SSSR count). The number of fused-ring (bicyclic) bond motifs is 1. The van der Waals surface area contributed by atoms with Crippen LogP contribution in [0.5, 0.6) is 5.75 Å². The van der Waals surface area contributed by atoms with Crippen molar-refractivity contribution in [1.82, 2.24) is 9.21 Å². The highest BCUT2D eigenvalue weighted by atomic mass is 32.2. The van der Waals surface area contributed by atoms with Crippen molar-refractivity contribution in [2.45, 2.75) is 55.5 Å². The van der Waals surface area contributed by atoms with Crippen LogP contribution in [0, 0.1) is 0 Å². The van der Waals surface area contributed by atoms with Gasteiger partial charge in [0.15, 0.2) is 0 Å². The second-order valence-electron chi connectivity index (χ2n) is 8.60. The Labute approximate surface area is 192 Å². The monoisotopic (exact) mass is 483 g/mol. The van der Waals surface area contributed by atoms with Gasteiger partial charge in [-0.25, -0.2) is 8.42 Å². The number of carbonyl (C=O) groups excluding carboxylic acids is 2. The molecule has 0 bridgehead atoms. The third kappa shape index (κ3) is 4.35. The standard InChI is InChI=1S/C21H29N3O6S2/c1-14(2)30-18-5-4-15(32(27,28)23-8-10-29-11-9-23)12-16(18)22-20(26)17-13-31-21(3)7-6-19(25)24(17)21/h4-5,12,14,17H,6-11,13H2,1-3H3,(H,22,26)/t17-,21-/m1/s1. The van der Waals surface area contributed by atoms with Crippen LogP contribution in [0.1, 0.15) is 33.6 Å². The van der Waals surface area contributed by atoms with Crippen LogP contribution >= 0.6 is 11.8 Å². The Balaban J connectivity index is 1.62. The average molecular weight is 484 g/mol. The van der Waals surface area contributed by atoms with Crippen LogP contribution in [0.2, 0.25) is 0 Å². The van der Waals surface area contributed by atoms with Gasteiger partial charge in [0.2, 0.25) is 21.8 Å². The number of anilines is 1. The maximum atomic E-state index is 13.2. The molecule has 176 valence electrons. The van der Waals surface area contributed by atoms with Gasteiger partial charge in [0.1, 0.15) is 11.8 Å². The molecule has 3 aliphatic heterocycles. The fourth-order valence-electron chi connectivity index (χ4n) is 4.29. The van der Waals surface area contributed by atoms with Crippen LogP contribution < -0.4 is 10.1 Å². The van der Waals surface area contributed by atoms with E-state index in [-0.39, 0.29) is 46.5 Å². The molecule has 0 unspecified atom stereocenters. The van der Waals surface area contributed by atoms with Crippen LogP contribution in [0.4, 0.5) is 5.69 Å². The van der Waals surface area contributed by atoms with Crippen molar-refractivity contribution in [3.05, 3.63) is 18.2 Å². The van der Waals surface area contributed by atoms with Crippen molar-refractivity contribution in [2.24, 2.45) is 0 Å². The lowest BCUT2D eigenvalue weighted by Gasteiger charge is -2.30. The van der Waals surface area contributed by atoms with Gasteiger partial charge in [-0.05, 0) is 45.4 Å². The second kappa shape index (κ2) is 8.85. The van der Waals surface area contributed by atoms with Crippen molar-refractivity contribution in [3.63, 3.8) is 0 Å². The molecule has 0 saturated carbocycles. The Bertz CT molecular complexity index is 1010. The maximum absolute atomic E-state index is 13.2. The van der Waals surface area contributed by atoms with Gasteiger partial charge in [-0.3, -0.25) is 9.59 Å². The molecule has 3 saturated heterocycles. The molecule has 11 heteroatoms. The Morgan fingerprint density at radius 2 is 2.03 bits per heavy atom. The number of rotatable bonds is 6. The molecule has 0 aromatic heterocycles. The van der Waals surface area contributed by atoms with Crippen molar-refractivity contribution in [3.8, 4) is 5.75 Å². The fourth-order valence-corrected chi connectivity index (χ4v) is 7.16. The zero-order chi connectivity index (χ0) is 23.1. The summed E-state index contributed by atoms with van der Waals surface area (Å²) in [4.78, 5) is 27.0. The Kier molecular flexibility index (Phi) is 6.45. The third-order valence-electron chi connectivity index (χ3n) is 5.93. The zero-order valence-corrected chi connectivity index (χ0v) is 20.1. The lowest BCUT2D eigenvalue weighted by atomic mass is 10.2. The molecule has 2 atom stereocenters. The van der Waals surface area contributed by atoms with Crippen molar-refractivity contribution in [1.29, 1.82) is 0 Å². The fraction of sp³-hybridized carbons (Fsp3) is 0.619. The van der Waals surface area contributed by atoms with Crippen molar-refractivity contribution < 1.29 is 27.5 Å². The highest BCUT2D eigenvalue weighted by Crippen LogP contribution is 2.47. The minimum absolute atomic E-state index is 0.0278. The molecule has 0 spiro atoms. The largest absolute Gasteiger partial charge is 0.489 e. The Hall–Kier alpha value is -1.82. The normalized spacial score (nSPS) is 26.4. The molecular weight excluding hydrogens is 454 g/mol. The highest BCUT2D eigenvalue weighted by Gasteiger charge is 2.53. The number of sulfonamides is 1. The van der Waals surface area contributed by atoms with Gasteiger partial charge in [0.25, 0.3) is 0 Å². The van der Waals surface area contributed by atoms with E-state index in [1.807, 2.05) is 20.8 Å². The minimum Gasteiger partial charge on any atom is -0.489 e. The van der Waals surface area contributed by atoms with Gasteiger partial charge >= 0.3 is 0 Å². The molecule has 3 heterocycles. The molecule has 0 aliphatic carbocycles. The second-order valence-corrected chi connectivity index (χ2v) is 12.0.